The van der Waals surface area contributed by atoms with E-state index < -0.39 is 5.82 Å². The third-order valence-corrected chi connectivity index (χ3v) is 3.62. The lowest BCUT2D eigenvalue weighted by molar-refractivity contribution is 0.636. The van der Waals surface area contributed by atoms with E-state index >= 15 is 0 Å². The van der Waals surface area contributed by atoms with Gasteiger partial charge in [0.05, 0.1) is 5.69 Å². The molecular weight excluding hydrogens is 307 g/mol. The van der Waals surface area contributed by atoms with Crippen molar-refractivity contribution in [3.8, 4) is 11.4 Å². The molecule has 6 nitrogen and oxygen atoms in total. The quantitative estimate of drug-likeness (QED) is 0.606. The van der Waals surface area contributed by atoms with E-state index in [1.54, 1.807) is 19.3 Å². The van der Waals surface area contributed by atoms with Gasteiger partial charge in [0.15, 0.2) is 11.6 Å². The van der Waals surface area contributed by atoms with E-state index in [-0.39, 0.29) is 5.52 Å². The van der Waals surface area contributed by atoms with Gasteiger partial charge < -0.3 is 0 Å². The zero-order chi connectivity index (χ0) is 16.5. The lowest BCUT2D eigenvalue weighted by Crippen LogP contribution is -1.85. The van der Waals surface area contributed by atoms with Crippen molar-refractivity contribution >= 4 is 23.1 Å². The van der Waals surface area contributed by atoms with Crippen LogP contribution in [0, 0.1) is 12.7 Å². The monoisotopic (exact) mass is 320 g/mol. The Morgan fingerprint density at radius 3 is 2.79 bits per heavy atom. The minimum atomic E-state index is -0.415. The largest absolute Gasteiger partial charge is 0.277 e. The molecule has 4 rings (SSSR count). The number of aryl methyl sites for hydroxylation is 1. The van der Waals surface area contributed by atoms with Crippen LogP contribution >= 0.6 is 0 Å². The summed E-state index contributed by atoms with van der Waals surface area (Å²) in [5.74, 6) is 0.716. The van der Waals surface area contributed by atoms with Gasteiger partial charge in [-0.1, -0.05) is 12.1 Å². The maximum atomic E-state index is 14.3. The Balaban J connectivity index is 1.80. The maximum absolute atomic E-state index is 14.3. The minimum Gasteiger partial charge on any atom is -0.277 e. The Morgan fingerprint density at radius 2 is 2.04 bits per heavy atom. The predicted octanol–water partition coefficient (Wildman–Crippen LogP) is 3.36. The highest BCUT2D eigenvalue weighted by Gasteiger charge is 2.13. The number of pyridine rings is 1. The van der Waals surface area contributed by atoms with Crippen molar-refractivity contribution < 1.29 is 4.39 Å². The Bertz CT molecular complexity index is 1030. The van der Waals surface area contributed by atoms with Gasteiger partial charge in [0, 0.05) is 23.3 Å². The lowest BCUT2D eigenvalue weighted by Gasteiger charge is -1.98. The van der Waals surface area contributed by atoms with E-state index in [9.17, 15) is 4.39 Å². The second-order valence-electron chi connectivity index (χ2n) is 5.36. The van der Waals surface area contributed by atoms with Crippen molar-refractivity contribution in [2.24, 2.45) is 0 Å². The standard InChI is InChI=1S/C17H13FN6/c1-10-20-17(24-21-10)12-7-13-15(22-23-16(13)14(18)8-12)5-4-11-3-2-6-19-9-11/h2-9H,1H3,(H,22,23)(H,20,21,24)/b5-4+. The zero-order valence-corrected chi connectivity index (χ0v) is 12.8. The molecule has 118 valence electrons. The summed E-state index contributed by atoms with van der Waals surface area (Å²) in [6.45, 7) is 1.80. The highest BCUT2D eigenvalue weighted by atomic mass is 19.1. The molecule has 0 fully saturated rings. The third kappa shape index (κ3) is 2.56. The van der Waals surface area contributed by atoms with Crippen molar-refractivity contribution in [2.45, 2.75) is 6.92 Å². The highest BCUT2D eigenvalue weighted by Crippen LogP contribution is 2.26. The molecule has 4 aromatic rings. The minimum absolute atomic E-state index is 0.289. The van der Waals surface area contributed by atoms with Crippen LogP contribution in [0.5, 0.6) is 0 Å². The molecule has 0 aliphatic rings. The summed E-state index contributed by atoms with van der Waals surface area (Å²) in [5.41, 5.74) is 2.54. The molecule has 1 aromatic carbocycles. The molecule has 0 aliphatic heterocycles. The van der Waals surface area contributed by atoms with Crippen molar-refractivity contribution in [2.75, 3.05) is 0 Å². The number of aromatic nitrogens is 6. The summed E-state index contributed by atoms with van der Waals surface area (Å²) in [5, 5.41) is 14.4. The molecule has 7 heteroatoms. The van der Waals surface area contributed by atoms with E-state index in [1.807, 2.05) is 30.4 Å². The number of rotatable bonds is 3. The van der Waals surface area contributed by atoms with Gasteiger partial charge >= 0.3 is 0 Å². The zero-order valence-electron chi connectivity index (χ0n) is 12.8. The normalized spacial score (nSPS) is 11.6. The summed E-state index contributed by atoms with van der Waals surface area (Å²) in [7, 11) is 0. The van der Waals surface area contributed by atoms with E-state index in [1.165, 1.54) is 6.07 Å². The van der Waals surface area contributed by atoms with Crippen molar-refractivity contribution in [3.05, 3.63) is 59.6 Å². The fourth-order valence-electron chi connectivity index (χ4n) is 2.48. The van der Waals surface area contributed by atoms with Crippen LogP contribution in [0.25, 0.3) is 34.4 Å². The third-order valence-electron chi connectivity index (χ3n) is 3.62. The van der Waals surface area contributed by atoms with Gasteiger partial charge in [-0.05, 0) is 36.8 Å². The van der Waals surface area contributed by atoms with Crippen LogP contribution in [-0.4, -0.2) is 30.4 Å². The Labute approximate surface area is 136 Å². The topological polar surface area (TPSA) is 83.1 Å². The summed E-state index contributed by atoms with van der Waals surface area (Å²) >= 11 is 0. The number of nitrogens with zero attached hydrogens (tertiary/aromatic N) is 4. The van der Waals surface area contributed by atoms with E-state index in [0.717, 1.165) is 5.56 Å². The van der Waals surface area contributed by atoms with Gasteiger partial charge in [-0.3, -0.25) is 15.2 Å². The SMILES string of the molecule is Cc1nc(-c2cc(F)c3n[nH]c(/C=C/c4cccnc4)c3c2)n[nH]1. The molecule has 0 amide bonds. The van der Waals surface area contributed by atoms with Crippen molar-refractivity contribution in [3.63, 3.8) is 0 Å². The number of halogens is 1. The van der Waals surface area contributed by atoms with Gasteiger partial charge in [0.2, 0.25) is 0 Å². The molecule has 0 bridgehead atoms. The molecule has 3 heterocycles. The molecule has 0 unspecified atom stereocenters. The maximum Gasteiger partial charge on any atom is 0.181 e. The Hall–Kier alpha value is -3.35. The van der Waals surface area contributed by atoms with Crippen LogP contribution in [0.15, 0.2) is 36.7 Å². The molecule has 0 spiro atoms. The fourth-order valence-corrected chi connectivity index (χ4v) is 2.48. The highest BCUT2D eigenvalue weighted by molar-refractivity contribution is 5.92. The fraction of sp³-hybridized carbons (Fsp3) is 0.0588. The first-order valence-electron chi connectivity index (χ1n) is 7.36. The Morgan fingerprint density at radius 1 is 1.12 bits per heavy atom. The van der Waals surface area contributed by atoms with Crippen LogP contribution in [0.2, 0.25) is 0 Å². The summed E-state index contributed by atoms with van der Waals surface area (Å²) in [6.07, 6.45) is 7.20. The van der Waals surface area contributed by atoms with E-state index in [0.29, 0.717) is 28.3 Å². The second kappa shape index (κ2) is 5.69. The number of H-pyrrole nitrogens is 2. The van der Waals surface area contributed by atoms with Crippen molar-refractivity contribution in [1.29, 1.82) is 0 Å². The van der Waals surface area contributed by atoms with Crippen molar-refractivity contribution in [1.82, 2.24) is 30.4 Å². The number of nitrogens with one attached hydrogen (secondary N) is 2. The number of aromatic amines is 2. The summed E-state index contributed by atoms with van der Waals surface area (Å²) in [4.78, 5) is 8.31. The number of fused-ring (bicyclic) bond motifs is 1. The second-order valence-corrected chi connectivity index (χ2v) is 5.36. The van der Waals surface area contributed by atoms with Gasteiger partial charge in [0.1, 0.15) is 11.3 Å². The number of hydrogen-bond acceptors (Lipinski definition) is 4. The molecular formula is C17H13FN6. The van der Waals surface area contributed by atoms with Gasteiger partial charge in [-0.2, -0.15) is 10.2 Å². The first kappa shape index (κ1) is 14.3. The Kier molecular flexibility index (Phi) is 3.38. The first-order valence-corrected chi connectivity index (χ1v) is 7.36. The van der Waals surface area contributed by atoms with Crippen LogP contribution in [0.1, 0.15) is 17.1 Å². The number of benzene rings is 1. The van der Waals surface area contributed by atoms with Crippen LogP contribution in [0.4, 0.5) is 4.39 Å². The summed E-state index contributed by atoms with van der Waals surface area (Å²) < 4.78 is 14.3. The van der Waals surface area contributed by atoms with E-state index in [2.05, 4.69) is 30.4 Å². The predicted molar refractivity (Wildman–Crippen MR) is 89.3 cm³/mol. The smallest absolute Gasteiger partial charge is 0.181 e. The van der Waals surface area contributed by atoms with Gasteiger partial charge in [-0.15, -0.1) is 0 Å². The molecule has 3 aromatic heterocycles. The molecule has 0 radical (unpaired) electrons. The molecule has 0 saturated carbocycles. The van der Waals surface area contributed by atoms with Crippen LogP contribution < -0.4 is 0 Å². The van der Waals surface area contributed by atoms with Crippen LogP contribution in [-0.2, 0) is 0 Å². The molecule has 0 atom stereocenters. The molecule has 0 aliphatic carbocycles. The average Bonchev–Trinajstić information content (AvgIpc) is 3.20. The first-order chi connectivity index (χ1) is 11.7. The molecule has 24 heavy (non-hydrogen) atoms. The van der Waals surface area contributed by atoms with Crippen LogP contribution in [0.3, 0.4) is 0 Å². The lowest BCUT2D eigenvalue weighted by atomic mass is 10.1. The molecule has 0 saturated heterocycles. The number of hydrogen-bond donors (Lipinski definition) is 2. The molecule has 2 N–H and O–H groups in total. The van der Waals surface area contributed by atoms with E-state index in [4.69, 9.17) is 0 Å². The average molecular weight is 320 g/mol. The van der Waals surface area contributed by atoms with Gasteiger partial charge in [0.25, 0.3) is 0 Å². The summed E-state index contributed by atoms with van der Waals surface area (Å²) in [6, 6.07) is 7.01. The van der Waals surface area contributed by atoms with Gasteiger partial charge in [-0.25, -0.2) is 9.37 Å².